The summed E-state index contributed by atoms with van der Waals surface area (Å²) in [5, 5.41) is 4.38. The summed E-state index contributed by atoms with van der Waals surface area (Å²) in [7, 11) is 0. The molecule has 0 bridgehead atoms. The highest BCUT2D eigenvalue weighted by Crippen LogP contribution is 2.25. The van der Waals surface area contributed by atoms with Crippen LogP contribution in [0.5, 0.6) is 0 Å². The molecule has 3 heteroatoms. The van der Waals surface area contributed by atoms with Gasteiger partial charge in [-0.1, -0.05) is 57.9 Å². The maximum atomic E-state index is 6.23. The average Bonchev–Trinajstić information content (AvgIpc) is 2.39. The van der Waals surface area contributed by atoms with Gasteiger partial charge in [-0.15, -0.1) is 0 Å². The van der Waals surface area contributed by atoms with Gasteiger partial charge in [0.1, 0.15) is 0 Å². The van der Waals surface area contributed by atoms with Gasteiger partial charge in [0.05, 0.1) is 0 Å². The Morgan fingerprint density at radius 3 is 2.42 bits per heavy atom. The maximum Gasteiger partial charge on any atom is 0.0453 e. The Morgan fingerprint density at radius 1 is 1.00 bits per heavy atom. The first-order valence-corrected chi connectivity index (χ1v) is 7.51. The molecule has 0 fully saturated rings. The Labute approximate surface area is 128 Å². The van der Waals surface area contributed by atoms with Gasteiger partial charge in [-0.05, 0) is 43.2 Å². The molecule has 0 radical (unpaired) electrons. The van der Waals surface area contributed by atoms with E-state index in [1.807, 2.05) is 24.3 Å². The van der Waals surface area contributed by atoms with E-state index in [2.05, 4.69) is 59.4 Å². The Hall–Kier alpha value is -0.830. The van der Waals surface area contributed by atoms with Gasteiger partial charge in [0.2, 0.25) is 0 Å². The summed E-state index contributed by atoms with van der Waals surface area (Å²) < 4.78 is 1.10. The second kappa shape index (κ2) is 6.56. The second-order valence-corrected chi connectivity index (χ2v) is 6.01. The third-order valence-corrected chi connectivity index (χ3v) is 4.06. The zero-order valence-corrected chi connectivity index (χ0v) is 13.4. The molecule has 0 aliphatic heterocycles. The van der Waals surface area contributed by atoms with Crippen molar-refractivity contribution in [3.8, 4) is 0 Å². The Morgan fingerprint density at radius 2 is 1.74 bits per heavy atom. The standard InChI is InChI=1S/C16H17BrClN/c1-11(13-6-5-7-14(17)10-13)19-12(2)15-8-3-4-9-16(15)18/h3-12,19H,1-2H3/t11?,12-/m1/s1. The molecular weight excluding hydrogens is 322 g/mol. The van der Waals surface area contributed by atoms with Crippen LogP contribution < -0.4 is 5.32 Å². The van der Waals surface area contributed by atoms with Crippen LogP contribution in [0.15, 0.2) is 53.0 Å². The van der Waals surface area contributed by atoms with Gasteiger partial charge in [-0.3, -0.25) is 0 Å². The zero-order chi connectivity index (χ0) is 13.8. The molecule has 2 rings (SSSR count). The molecule has 2 aromatic rings. The minimum absolute atomic E-state index is 0.211. The number of benzene rings is 2. The Bertz CT molecular complexity index is 556. The summed E-state index contributed by atoms with van der Waals surface area (Å²) in [6, 6.07) is 16.8. The molecule has 1 unspecified atom stereocenters. The van der Waals surface area contributed by atoms with Crippen molar-refractivity contribution >= 4 is 27.5 Å². The lowest BCUT2D eigenvalue weighted by molar-refractivity contribution is 0.494. The minimum Gasteiger partial charge on any atom is -0.304 e. The molecular formula is C16H17BrClN. The molecule has 1 N–H and O–H groups in total. The Balaban J connectivity index is 2.11. The van der Waals surface area contributed by atoms with Gasteiger partial charge in [-0.25, -0.2) is 0 Å². The molecule has 19 heavy (non-hydrogen) atoms. The van der Waals surface area contributed by atoms with Crippen LogP contribution in [0.4, 0.5) is 0 Å². The minimum atomic E-state index is 0.211. The van der Waals surface area contributed by atoms with E-state index >= 15 is 0 Å². The van der Waals surface area contributed by atoms with Gasteiger partial charge in [0.15, 0.2) is 0 Å². The normalized spacial score (nSPS) is 14.1. The summed E-state index contributed by atoms with van der Waals surface area (Å²) in [5.74, 6) is 0. The van der Waals surface area contributed by atoms with Gasteiger partial charge in [0, 0.05) is 21.6 Å². The highest BCUT2D eigenvalue weighted by Gasteiger charge is 2.13. The van der Waals surface area contributed by atoms with Crippen LogP contribution in [-0.4, -0.2) is 0 Å². The number of nitrogens with one attached hydrogen (secondary N) is 1. The lowest BCUT2D eigenvalue weighted by Crippen LogP contribution is -2.22. The van der Waals surface area contributed by atoms with Gasteiger partial charge >= 0.3 is 0 Å². The van der Waals surface area contributed by atoms with Crippen molar-refractivity contribution in [2.24, 2.45) is 0 Å². The van der Waals surface area contributed by atoms with Crippen LogP contribution in [0.3, 0.4) is 0 Å². The van der Waals surface area contributed by atoms with Gasteiger partial charge in [0.25, 0.3) is 0 Å². The largest absolute Gasteiger partial charge is 0.304 e. The molecule has 0 heterocycles. The first-order chi connectivity index (χ1) is 9.08. The maximum absolute atomic E-state index is 6.23. The quantitative estimate of drug-likeness (QED) is 0.774. The van der Waals surface area contributed by atoms with Crippen molar-refractivity contribution in [2.45, 2.75) is 25.9 Å². The van der Waals surface area contributed by atoms with Crippen LogP contribution >= 0.6 is 27.5 Å². The summed E-state index contributed by atoms with van der Waals surface area (Å²) in [6.45, 7) is 4.30. The monoisotopic (exact) mass is 337 g/mol. The molecule has 0 spiro atoms. The van der Waals surface area contributed by atoms with Crippen LogP contribution in [0.1, 0.15) is 37.1 Å². The number of halogens is 2. The van der Waals surface area contributed by atoms with Crippen molar-refractivity contribution in [1.82, 2.24) is 5.32 Å². The fraction of sp³-hybridized carbons (Fsp3) is 0.250. The number of rotatable bonds is 4. The molecule has 100 valence electrons. The predicted octanol–water partition coefficient (Wildman–Crippen LogP) is 5.51. The highest BCUT2D eigenvalue weighted by atomic mass is 79.9. The van der Waals surface area contributed by atoms with Crippen molar-refractivity contribution in [3.05, 3.63) is 69.2 Å². The zero-order valence-electron chi connectivity index (χ0n) is 11.0. The Kier molecular flexibility index (Phi) is 5.03. The van der Waals surface area contributed by atoms with E-state index in [0.29, 0.717) is 0 Å². The fourth-order valence-corrected chi connectivity index (χ4v) is 2.88. The molecule has 2 atom stereocenters. The second-order valence-electron chi connectivity index (χ2n) is 4.69. The average molecular weight is 339 g/mol. The lowest BCUT2D eigenvalue weighted by atomic mass is 10.0. The van der Waals surface area contributed by atoms with E-state index < -0.39 is 0 Å². The van der Waals surface area contributed by atoms with E-state index in [0.717, 1.165) is 15.1 Å². The van der Waals surface area contributed by atoms with Gasteiger partial charge < -0.3 is 5.32 Å². The fourth-order valence-electron chi connectivity index (χ4n) is 2.16. The molecule has 0 aliphatic rings. The molecule has 0 saturated carbocycles. The topological polar surface area (TPSA) is 12.0 Å². The molecule has 2 aromatic carbocycles. The summed E-state index contributed by atoms with van der Waals surface area (Å²) in [6.07, 6.45) is 0. The number of hydrogen-bond acceptors (Lipinski definition) is 1. The predicted molar refractivity (Wildman–Crippen MR) is 85.6 cm³/mol. The van der Waals surface area contributed by atoms with Crippen molar-refractivity contribution in [3.63, 3.8) is 0 Å². The van der Waals surface area contributed by atoms with Crippen molar-refractivity contribution in [2.75, 3.05) is 0 Å². The number of hydrogen-bond donors (Lipinski definition) is 1. The third kappa shape index (κ3) is 3.82. The summed E-state index contributed by atoms with van der Waals surface area (Å²) >= 11 is 9.73. The summed E-state index contributed by atoms with van der Waals surface area (Å²) in [4.78, 5) is 0. The van der Waals surface area contributed by atoms with Gasteiger partial charge in [-0.2, -0.15) is 0 Å². The van der Waals surface area contributed by atoms with E-state index in [1.54, 1.807) is 0 Å². The van der Waals surface area contributed by atoms with E-state index in [1.165, 1.54) is 5.56 Å². The lowest BCUT2D eigenvalue weighted by Gasteiger charge is -2.21. The first kappa shape index (κ1) is 14.6. The summed E-state index contributed by atoms with van der Waals surface area (Å²) in [5.41, 5.74) is 2.39. The van der Waals surface area contributed by atoms with Crippen LogP contribution in [-0.2, 0) is 0 Å². The van der Waals surface area contributed by atoms with E-state index in [9.17, 15) is 0 Å². The van der Waals surface area contributed by atoms with Crippen LogP contribution in [0.25, 0.3) is 0 Å². The highest BCUT2D eigenvalue weighted by molar-refractivity contribution is 9.10. The van der Waals surface area contributed by atoms with Crippen LogP contribution in [0, 0.1) is 0 Å². The molecule has 0 aromatic heterocycles. The molecule has 0 amide bonds. The smallest absolute Gasteiger partial charge is 0.0453 e. The molecule has 1 nitrogen and oxygen atoms in total. The molecule has 0 saturated heterocycles. The van der Waals surface area contributed by atoms with Crippen molar-refractivity contribution < 1.29 is 0 Å². The molecule has 0 aliphatic carbocycles. The first-order valence-electron chi connectivity index (χ1n) is 6.34. The van der Waals surface area contributed by atoms with Crippen LogP contribution in [0.2, 0.25) is 5.02 Å². The third-order valence-electron chi connectivity index (χ3n) is 3.22. The van der Waals surface area contributed by atoms with E-state index in [4.69, 9.17) is 11.6 Å². The SMILES string of the molecule is CC(N[C@H](C)c1ccccc1Cl)c1cccc(Br)c1. The van der Waals surface area contributed by atoms with Crippen molar-refractivity contribution in [1.29, 1.82) is 0 Å². The van der Waals surface area contributed by atoms with E-state index in [-0.39, 0.29) is 12.1 Å².